The van der Waals surface area contributed by atoms with Gasteiger partial charge in [-0.1, -0.05) is 12.1 Å². The van der Waals surface area contributed by atoms with Gasteiger partial charge in [0, 0.05) is 24.3 Å². The summed E-state index contributed by atoms with van der Waals surface area (Å²) in [6.45, 7) is 2.74. The van der Waals surface area contributed by atoms with E-state index in [-0.39, 0.29) is 30.6 Å². The molecular weight excluding hydrogens is 364 g/mol. The number of nitrogens with zero attached hydrogens (tertiary/aromatic N) is 2. The highest BCUT2D eigenvalue weighted by Gasteiger charge is 2.32. The summed E-state index contributed by atoms with van der Waals surface area (Å²) in [6.07, 6.45) is 2.49. The molecule has 1 amide bonds. The molecule has 134 valence electrons. The number of thiazole rings is 1. The Morgan fingerprint density at radius 1 is 1.15 bits per heavy atom. The molecule has 0 N–H and O–H groups in total. The van der Waals surface area contributed by atoms with E-state index >= 15 is 0 Å². The standard InChI is InChI=1S/C20H20N2O2S2/c1-13-8-10-18(25-13)16(23)9-11-19(24)22-12-4-6-15(22)20-21-14-5-2-3-7-17(14)26-20/h2-3,5,7-8,10,15H,4,6,9,11-12H2,1H3/t15-/m1/s1. The van der Waals surface area contributed by atoms with E-state index in [2.05, 4.69) is 6.07 Å². The second-order valence-electron chi connectivity index (χ2n) is 6.60. The molecule has 0 saturated carbocycles. The van der Waals surface area contributed by atoms with Crippen LogP contribution in [0.15, 0.2) is 36.4 Å². The van der Waals surface area contributed by atoms with Gasteiger partial charge in [0.05, 0.1) is 21.1 Å². The summed E-state index contributed by atoms with van der Waals surface area (Å²) in [6, 6.07) is 11.9. The molecule has 4 nitrogen and oxygen atoms in total. The van der Waals surface area contributed by atoms with Crippen molar-refractivity contribution in [2.24, 2.45) is 0 Å². The van der Waals surface area contributed by atoms with E-state index in [4.69, 9.17) is 4.98 Å². The van der Waals surface area contributed by atoms with Crippen LogP contribution in [0.3, 0.4) is 0 Å². The van der Waals surface area contributed by atoms with Gasteiger partial charge in [-0.3, -0.25) is 9.59 Å². The van der Waals surface area contributed by atoms with Crippen LogP contribution in [0.2, 0.25) is 0 Å². The van der Waals surface area contributed by atoms with E-state index in [1.165, 1.54) is 11.3 Å². The minimum atomic E-state index is 0.0546. The summed E-state index contributed by atoms with van der Waals surface area (Å²) in [5.74, 6) is 0.126. The molecular formula is C20H20N2O2S2. The summed E-state index contributed by atoms with van der Waals surface area (Å²) in [5, 5.41) is 1.01. The Balaban J connectivity index is 1.44. The maximum absolute atomic E-state index is 12.7. The molecule has 0 unspecified atom stereocenters. The van der Waals surface area contributed by atoms with Gasteiger partial charge in [0.15, 0.2) is 5.78 Å². The number of hydrogen-bond donors (Lipinski definition) is 0. The molecule has 3 aromatic rings. The second-order valence-corrected chi connectivity index (χ2v) is 8.95. The topological polar surface area (TPSA) is 50.3 Å². The van der Waals surface area contributed by atoms with E-state index in [1.54, 1.807) is 11.3 Å². The van der Waals surface area contributed by atoms with Gasteiger partial charge in [0.2, 0.25) is 5.91 Å². The Hall–Kier alpha value is -2.05. The Bertz CT molecular complexity index is 927. The third-order valence-electron chi connectivity index (χ3n) is 4.75. The van der Waals surface area contributed by atoms with Crippen molar-refractivity contribution < 1.29 is 9.59 Å². The number of carbonyl (C=O) groups is 2. The van der Waals surface area contributed by atoms with Crippen LogP contribution in [-0.2, 0) is 4.79 Å². The molecule has 1 saturated heterocycles. The number of fused-ring (bicyclic) bond motifs is 1. The van der Waals surface area contributed by atoms with Gasteiger partial charge in [0.25, 0.3) is 0 Å². The lowest BCUT2D eigenvalue weighted by Gasteiger charge is -2.23. The number of aryl methyl sites for hydroxylation is 1. The number of Topliss-reactive ketones (excluding diaryl/α,β-unsaturated/α-hetero) is 1. The highest BCUT2D eigenvalue weighted by atomic mass is 32.1. The first-order chi connectivity index (χ1) is 12.6. The van der Waals surface area contributed by atoms with Gasteiger partial charge in [0.1, 0.15) is 5.01 Å². The fraction of sp³-hybridized carbons (Fsp3) is 0.350. The van der Waals surface area contributed by atoms with Gasteiger partial charge < -0.3 is 4.90 Å². The van der Waals surface area contributed by atoms with E-state index in [1.807, 2.05) is 42.2 Å². The fourth-order valence-electron chi connectivity index (χ4n) is 3.43. The molecule has 1 atom stereocenters. The number of carbonyl (C=O) groups excluding carboxylic acids is 2. The molecule has 6 heteroatoms. The largest absolute Gasteiger partial charge is 0.333 e. The lowest BCUT2D eigenvalue weighted by molar-refractivity contribution is -0.132. The zero-order valence-corrected chi connectivity index (χ0v) is 16.2. The average molecular weight is 385 g/mol. The number of rotatable bonds is 5. The molecule has 1 aliphatic rings. The Kier molecular flexibility index (Phi) is 4.87. The zero-order valence-electron chi connectivity index (χ0n) is 14.6. The van der Waals surface area contributed by atoms with Crippen molar-refractivity contribution in [1.82, 2.24) is 9.88 Å². The average Bonchev–Trinajstić information content (AvgIpc) is 3.36. The number of aromatic nitrogens is 1. The van der Waals surface area contributed by atoms with Crippen molar-refractivity contribution in [3.63, 3.8) is 0 Å². The third kappa shape index (κ3) is 3.44. The molecule has 3 heterocycles. The first kappa shape index (κ1) is 17.4. The fourth-order valence-corrected chi connectivity index (χ4v) is 5.38. The first-order valence-electron chi connectivity index (χ1n) is 8.86. The number of benzene rings is 1. The van der Waals surface area contributed by atoms with Crippen LogP contribution in [-0.4, -0.2) is 28.1 Å². The quantitative estimate of drug-likeness (QED) is 0.582. The zero-order chi connectivity index (χ0) is 18.1. The van der Waals surface area contributed by atoms with Gasteiger partial charge in [-0.05, 0) is 44.0 Å². The molecule has 26 heavy (non-hydrogen) atoms. The van der Waals surface area contributed by atoms with E-state index in [0.29, 0.717) is 0 Å². The minimum absolute atomic E-state index is 0.0546. The molecule has 0 radical (unpaired) electrons. The molecule has 0 aliphatic carbocycles. The Morgan fingerprint density at radius 2 is 2.00 bits per heavy atom. The molecule has 0 bridgehead atoms. The van der Waals surface area contributed by atoms with Crippen molar-refractivity contribution in [3.8, 4) is 0 Å². The van der Waals surface area contributed by atoms with Crippen LogP contribution in [0.5, 0.6) is 0 Å². The van der Waals surface area contributed by atoms with Gasteiger partial charge in [-0.15, -0.1) is 22.7 Å². The van der Waals surface area contributed by atoms with Crippen LogP contribution in [0, 0.1) is 6.92 Å². The summed E-state index contributed by atoms with van der Waals surface area (Å²) in [4.78, 5) is 33.5. The predicted molar refractivity (Wildman–Crippen MR) is 106 cm³/mol. The summed E-state index contributed by atoms with van der Waals surface area (Å²) in [5.41, 5.74) is 0.995. The number of likely N-dealkylation sites (tertiary alicyclic amines) is 1. The van der Waals surface area contributed by atoms with E-state index < -0.39 is 0 Å². The van der Waals surface area contributed by atoms with Crippen molar-refractivity contribution in [2.45, 2.75) is 38.6 Å². The molecule has 1 fully saturated rings. The van der Waals surface area contributed by atoms with Crippen molar-refractivity contribution in [3.05, 3.63) is 51.2 Å². The van der Waals surface area contributed by atoms with Crippen molar-refractivity contribution in [2.75, 3.05) is 6.54 Å². The monoisotopic (exact) mass is 384 g/mol. The maximum atomic E-state index is 12.7. The van der Waals surface area contributed by atoms with Gasteiger partial charge in [-0.2, -0.15) is 0 Å². The van der Waals surface area contributed by atoms with Gasteiger partial charge >= 0.3 is 0 Å². The highest BCUT2D eigenvalue weighted by Crippen LogP contribution is 2.36. The lowest BCUT2D eigenvalue weighted by Crippen LogP contribution is -2.30. The smallest absolute Gasteiger partial charge is 0.223 e. The maximum Gasteiger partial charge on any atom is 0.223 e. The van der Waals surface area contributed by atoms with Crippen molar-refractivity contribution >= 4 is 44.6 Å². The predicted octanol–water partition coefficient (Wildman–Crippen LogP) is 4.99. The molecule has 2 aromatic heterocycles. The molecule has 0 spiro atoms. The number of ketones is 1. The number of thiophene rings is 1. The van der Waals surface area contributed by atoms with Crippen LogP contribution in [0.25, 0.3) is 10.2 Å². The van der Waals surface area contributed by atoms with Crippen molar-refractivity contribution in [1.29, 1.82) is 0 Å². The normalized spacial score (nSPS) is 17.1. The molecule has 1 aromatic carbocycles. The lowest BCUT2D eigenvalue weighted by atomic mass is 10.1. The molecule has 4 rings (SSSR count). The first-order valence-corrected chi connectivity index (χ1v) is 10.5. The van der Waals surface area contributed by atoms with E-state index in [0.717, 1.165) is 44.4 Å². The Morgan fingerprint density at radius 3 is 2.77 bits per heavy atom. The van der Waals surface area contributed by atoms with Gasteiger partial charge in [-0.25, -0.2) is 4.98 Å². The summed E-state index contributed by atoms with van der Waals surface area (Å²) in [7, 11) is 0. The van der Waals surface area contributed by atoms with Crippen LogP contribution >= 0.6 is 22.7 Å². The number of para-hydroxylation sites is 1. The number of amides is 1. The number of hydrogen-bond acceptors (Lipinski definition) is 5. The third-order valence-corrected chi connectivity index (χ3v) is 6.93. The minimum Gasteiger partial charge on any atom is -0.333 e. The highest BCUT2D eigenvalue weighted by molar-refractivity contribution is 7.18. The summed E-state index contributed by atoms with van der Waals surface area (Å²) >= 11 is 3.17. The van der Waals surface area contributed by atoms with E-state index in [9.17, 15) is 9.59 Å². The van der Waals surface area contributed by atoms with Crippen LogP contribution in [0.1, 0.15) is 51.3 Å². The Labute approximate surface area is 160 Å². The van der Waals surface area contributed by atoms with Crippen LogP contribution < -0.4 is 0 Å². The second kappa shape index (κ2) is 7.29. The molecule has 1 aliphatic heterocycles. The summed E-state index contributed by atoms with van der Waals surface area (Å²) < 4.78 is 1.16. The SMILES string of the molecule is Cc1ccc(C(=O)CCC(=O)N2CCC[C@@H]2c2nc3ccccc3s2)s1. The van der Waals surface area contributed by atoms with Crippen LogP contribution in [0.4, 0.5) is 0 Å².